The van der Waals surface area contributed by atoms with Gasteiger partial charge >= 0.3 is 6.03 Å². The molecule has 31 heavy (non-hydrogen) atoms. The molecule has 0 saturated carbocycles. The zero-order valence-corrected chi connectivity index (χ0v) is 16.9. The Balaban J connectivity index is 0.000000858. The van der Waals surface area contributed by atoms with Gasteiger partial charge < -0.3 is 28.6 Å². The SMILES string of the molecule is O=C(NC1CCN(Cc2ccco2)CC1)N(Cc1cocn1)Cc1cocn1.O=CO. The minimum atomic E-state index is -0.250. The molecule has 0 aromatic carbocycles. The van der Waals surface area contributed by atoms with E-state index in [2.05, 4.69) is 20.2 Å². The number of carbonyl (C=O) groups is 2. The predicted molar refractivity (Wildman–Crippen MR) is 106 cm³/mol. The van der Waals surface area contributed by atoms with Gasteiger partial charge in [0.05, 0.1) is 37.3 Å². The summed E-state index contributed by atoms with van der Waals surface area (Å²) in [5, 5.41) is 10.0. The highest BCUT2D eigenvalue weighted by Crippen LogP contribution is 2.15. The first-order valence-corrected chi connectivity index (χ1v) is 9.80. The fraction of sp³-hybridized carbons (Fsp3) is 0.400. The number of nitrogens with zero attached hydrogens (tertiary/aromatic N) is 4. The molecule has 1 aliphatic heterocycles. The molecule has 0 atom stereocenters. The predicted octanol–water partition coefficient (Wildman–Crippen LogP) is 2.33. The van der Waals surface area contributed by atoms with Gasteiger partial charge in [-0.15, -0.1) is 0 Å². The first-order valence-electron chi connectivity index (χ1n) is 9.80. The van der Waals surface area contributed by atoms with Gasteiger partial charge in [-0.2, -0.15) is 0 Å². The number of hydrogen-bond acceptors (Lipinski definition) is 8. The Hall–Kier alpha value is -3.60. The van der Waals surface area contributed by atoms with Crippen LogP contribution in [-0.4, -0.2) is 56.5 Å². The topological polar surface area (TPSA) is 138 Å². The average molecular weight is 431 g/mol. The van der Waals surface area contributed by atoms with Gasteiger partial charge in [0.25, 0.3) is 6.47 Å². The Labute approximate surface area is 178 Å². The third-order valence-electron chi connectivity index (χ3n) is 4.83. The van der Waals surface area contributed by atoms with Crippen LogP contribution >= 0.6 is 0 Å². The smallest absolute Gasteiger partial charge is 0.318 e. The summed E-state index contributed by atoms with van der Waals surface area (Å²) in [7, 11) is 0. The molecule has 0 unspecified atom stereocenters. The average Bonchev–Trinajstić information content (AvgIpc) is 3.54. The van der Waals surface area contributed by atoms with Crippen molar-refractivity contribution in [2.45, 2.75) is 38.5 Å². The Bertz CT molecular complexity index is 837. The lowest BCUT2D eigenvalue weighted by molar-refractivity contribution is -0.122. The van der Waals surface area contributed by atoms with Gasteiger partial charge in [0.1, 0.15) is 18.3 Å². The fourth-order valence-corrected chi connectivity index (χ4v) is 3.35. The number of furan rings is 1. The molecule has 2 N–H and O–H groups in total. The number of piperidine rings is 1. The molecule has 0 radical (unpaired) electrons. The van der Waals surface area contributed by atoms with Crippen molar-refractivity contribution in [3.8, 4) is 0 Å². The van der Waals surface area contributed by atoms with Gasteiger partial charge in [0, 0.05) is 19.1 Å². The lowest BCUT2D eigenvalue weighted by atomic mass is 10.1. The summed E-state index contributed by atoms with van der Waals surface area (Å²) in [6.45, 7) is 3.06. The van der Waals surface area contributed by atoms with Crippen molar-refractivity contribution in [1.82, 2.24) is 25.1 Å². The van der Waals surface area contributed by atoms with E-state index < -0.39 is 0 Å². The first-order chi connectivity index (χ1) is 15.2. The summed E-state index contributed by atoms with van der Waals surface area (Å²) >= 11 is 0. The van der Waals surface area contributed by atoms with E-state index >= 15 is 0 Å². The van der Waals surface area contributed by atoms with E-state index in [-0.39, 0.29) is 18.5 Å². The number of likely N-dealkylation sites (tertiary alicyclic amines) is 1. The summed E-state index contributed by atoms with van der Waals surface area (Å²) in [6, 6.07) is 3.88. The molecule has 166 valence electrons. The molecule has 1 aliphatic rings. The van der Waals surface area contributed by atoms with Crippen LogP contribution in [0.15, 0.2) is 57.0 Å². The van der Waals surface area contributed by atoms with Gasteiger partial charge in [-0.1, -0.05) is 0 Å². The van der Waals surface area contributed by atoms with Crippen molar-refractivity contribution < 1.29 is 27.9 Å². The highest BCUT2D eigenvalue weighted by atomic mass is 16.3. The van der Waals surface area contributed by atoms with Crippen LogP contribution in [0.2, 0.25) is 0 Å². The number of aromatic nitrogens is 2. The molecule has 11 heteroatoms. The van der Waals surface area contributed by atoms with Crippen molar-refractivity contribution in [2.75, 3.05) is 13.1 Å². The maximum absolute atomic E-state index is 12.9. The molecule has 2 amide bonds. The molecule has 1 saturated heterocycles. The lowest BCUT2D eigenvalue weighted by Crippen LogP contribution is -2.48. The van der Waals surface area contributed by atoms with Crippen LogP contribution in [0.5, 0.6) is 0 Å². The normalized spacial score (nSPS) is 14.5. The summed E-state index contributed by atoms with van der Waals surface area (Å²) < 4.78 is 15.5. The first kappa shape index (κ1) is 22.1. The molecule has 4 heterocycles. The number of nitrogens with one attached hydrogen (secondary N) is 1. The number of carboxylic acid groups (broad SMARTS) is 1. The summed E-state index contributed by atoms with van der Waals surface area (Å²) in [5.74, 6) is 0.967. The second kappa shape index (κ2) is 11.6. The van der Waals surface area contributed by atoms with Crippen molar-refractivity contribution in [2.24, 2.45) is 0 Å². The van der Waals surface area contributed by atoms with Gasteiger partial charge in [0.15, 0.2) is 12.8 Å². The molecule has 3 aromatic heterocycles. The Kier molecular flexibility index (Phi) is 8.23. The van der Waals surface area contributed by atoms with E-state index in [4.69, 9.17) is 23.2 Å². The monoisotopic (exact) mass is 431 g/mol. The molecular formula is C20H25N5O6. The minimum absolute atomic E-state index is 0.137. The molecule has 3 aromatic rings. The van der Waals surface area contributed by atoms with E-state index in [0.717, 1.165) is 38.2 Å². The van der Waals surface area contributed by atoms with Crippen LogP contribution in [-0.2, 0) is 24.4 Å². The van der Waals surface area contributed by atoms with Crippen molar-refractivity contribution in [1.29, 1.82) is 0 Å². The van der Waals surface area contributed by atoms with E-state index in [1.165, 1.54) is 25.3 Å². The molecule has 0 bridgehead atoms. The van der Waals surface area contributed by atoms with Crippen LogP contribution in [0.4, 0.5) is 4.79 Å². The van der Waals surface area contributed by atoms with Crippen molar-refractivity contribution >= 4 is 12.5 Å². The highest BCUT2D eigenvalue weighted by Gasteiger charge is 2.24. The van der Waals surface area contributed by atoms with Gasteiger partial charge in [-0.25, -0.2) is 14.8 Å². The second-order valence-electron chi connectivity index (χ2n) is 7.00. The molecule has 0 aliphatic carbocycles. The Morgan fingerprint density at radius 1 is 1.19 bits per heavy atom. The molecule has 1 fully saturated rings. The van der Waals surface area contributed by atoms with E-state index in [9.17, 15) is 4.79 Å². The van der Waals surface area contributed by atoms with Crippen LogP contribution in [0, 0.1) is 0 Å². The summed E-state index contributed by atoms with van der Waals surface area (Å²) in [4.78, 5) is 33.5. The van der Waals surface area contributed by atoms with E-state index in [1.54, 1.807) is 11.2 Å². The number of urea groups is 1. The van der Waals surface area contributed by atoms with Crippen molar-refractivity contribution in [3.63, 3.8) is 0 Å². The number of amides is 2. The quantitative estimate of drug-likeness (QED) is 0.540. The van der Waals surface area contributed by atoms with Crippen LogP contribution in [0.1, 0.15) is 30.0 Å². The largest absolute Gasteiger partial charge is 0.483 e. The zero-order valence-electron chi connectivity index (χ0n) is 16.9. The van der Waals surface area contributed by atoms with Crippen LogP contribution in [0.25, 0.3) is 0 Å². The second-order valence-corrected chi connectivity index (χ2v) is 7.00. The van der Waals surface area contributed by atoms with Gasteiger partial charge in [-0.3, -0.25) is 9.69 Å². The highest BCUT2D eigenvalue weighted by molar-refractivity contribution is 5.74. The lowest BCUT2D eigenvalue weighted by Gasteiger charge is -2.33. The molecule has 4 rings (SSSR count). The zero-order chi connectivity index (χ0) is 21.9. The number of rotatable bonds is 7. The van der Waals surface area contributed by atoms with E-state index in [1.807, 2.05) is 12.1 Å². The maximum Gasteiger partial charge on any atom is 0.318 e. The summed E-state index contributed by atoms with van der Waals surface area (Å²) in [5.41, 5.74) is 1.37. The Morgan fingerprint density at radius 2 is 1.81 bits per heavy atom. The van der Waals surface area contributed by atoms with Crippen molar-refractivity contribution in [3.05, 3.63) is 60.9 Å². The van der Waals surface area contributed by atoms with Gasteiger partial charge in [-0.05, 0) is 25.0 Å². The number of carbonyl (C=O) groups excluding carboxylic acids is 1. The minimum Gasteiger partial charge on any atom is -0.483 e. The number of oxazole rings is 2. The Morgan fingerprint density at radius 3 is 2.29 bits per heavy atom. The van der Waals surface area contributed by atoms with Crippen LogP contribution in [0.3, 0.4) is 0 Å². The summed E-state index contributed by atoms with van der Waals surface area (Å²) in [6.07, 6.45) is 9.28. The van der Waals surface area contributed by atoms with Gasteiger partial charge in [0.2, 0.25) is 0 Å². The fourth-order valence-electron chi connectivity index (χ4n) is 3.35. The molecule has 0 spiro atoms. The third-order valence-corrected chi connectivity index (χ3v) is 4.83. The maximum atomic E-state index is 12.9. The number of hydrogen-bond donors (Lipinski definition) is 2. The third kappa shape index (κ3) is 7.00. The molecular weight excluding hydrogens is 406 g/mol. The van der Waals surface area contributed by atoms with E-state index in [0.29, 0.717) is 24.5 Å². The molecule has 11 nitrogen and oxygen atoms in total. The standard InChI is InChI=1S/C19H23N5O4.CH2O2/c25-19(22-15-3-5-23(6-4-15)10-18-2-1-7-28-18)24(8-16-11-26-13-20-16)9-17-12-27-14-21-17;2-1-3/h1-2,7,11-15H,3-6,8-10H2,(H,22,25);1H,(H,2,3). The van der Waals surface area contributed by atoms with Crippen LogP contribution < -0.4 is 5.32 Å².